The van der Waals surface area contributed by atoms with Gasteiger partial charge >= 0.3 is 0 Å². The molecule has 1 atom stereocenters. The molecule has 0 saturated carbocycles. The predicted molar refractivity (Wildman–Crippen MR) is 103 cm³/mol. The normalized spacial score (nSPS) is 18.4. The molecule has 0 aliphatic carbocycles. The molecule has 0 spiro atoms. The molecule has 2 aromatic heterocycles. The fraction of sp³-hybridized carbons (Fsp3) is 0.263. The summed E-state index contributed by atoms with van der Waals surface area (Å²) in [5, 5.41) is 22.2. The molecule has 2 aliphatic heterocycles. The number of hydrogen-bond donors (Lipinski definition) is 2. The van der Waals surface area contributed by atoms with Crippen LogP contribution >= 0.6 is 0 Å². The largest absolute Gasteiger partial charge is 0.507 e. The van der Waals surface area contributed by atoms with Crippen LogP contribution in [0.5, 0.6) is 5.75 Å². The minimum atomic E-state index is 0.207. The maximum atomic E-state index is 10.1. The topological polar surface area (TPSA) is 90.3 Å². The van der Waals surface area contributed by atoms with Crippen molar-refractivity contribution in [1.29, 1.82) is 0 Å². The quantitative estimate of drug-likeness (QED) is 0.714. The first kappa shape index (κ1) is 15.8. The Morgan fingerprint density at radius 2 is 1.89 bits per heavy atom. The van der Waals surface area contributed by atoms with Gasteiger partial charge in [0.1, 0.15) is 5.75 Å². The second kappa shape index (κ2) is 6.39. The molecule has 0 amide bonds. The van der Waals surface area contributed by atoms with E-state index in [1.54, 1.807) is 24.5 Å². The monoisotopic (exact) mass is 361 g/mol. The maximum Gasteiger partial charge on any atom is 0.225 e. The number of phenolic OH excluding ortho intramolecular Hbond substituents is 1. The van der Waals surface area contributed by atoms with Crippen LogP contribution in [0.4, 0.5) is 17.5 Å². The van der Waals surface area contributed by atoms with Gasteiger partial charge in [-0.05, 0) is 24.3 Å². The van der Waals surface area contributed by atoms with Crippen LogP contribution in [0.3, 0.4) is 0 Å². The SMILES string of the molecule is Oc1ccccc1-c1cc2c(nn1)NCC1CN(c3ncccn3)CCN21. The van der Waals surface area contributed by atoms with Gasteiger partial charge in [0.15, 0.2) is 5.82 Å². The number of hydrogen-bond acceptors (Lipinski definition) is 8. The number of phenols is 1. The number of benzene rings is 1. The summed E-state index contributed by atoms with van der Waals surface area (Å²) in [6.07, 6.45) is 3.55. The van der Waals surface area contributed by atoms with Crippen molar-refractivity contribution in [2.45, 2.75) is 6.04 Å². The van der Waals surface area contributed by atoms with E-state index in [0.717, 1.165) is 43.6 Å². The molecule has 1 saturated heterocycles. The Morgan fingerprint density at radius 3 is 2.74 bits per heavy atom. The van der Waals surface area contributed by atoms with Crippen molar-refractivity contribution >= 4 is 17.5 Å². The Kier molecular flexibility index (Phi) is 3.74. The summed E-state index contributed by atoms with van der Waals surface area (Å²) in [5.74, 6) is 1.76. The smallest absolute Gasteiger partial charge is 0.225 e. The van der Waals surface area contributed by atoms with E-state index in [1.165, 1.54) is 0 Å². The number of rotatable bonds is 2. The summed E-state index contributed by atoms with van der Waals surface area (Å²) in [4.78, 5) is 13.3. The third kappa shape index (κ3) is 2.79. The molecule has 0 radical (unpaired) electrons. The Hall–Kier alpha value is -3.42. The van der Waals surface area contributed by atoms with Crippen LogP contribution in [0.15, 0.2) is 48.8 Å². The summed E-state index contributed by atoms with van der Waals surface area (Å²) in [7, 11) is 0. The van der Waals surface area contributed by atoms with Crippen LogP contribution < -0.4 is 15.1 Å². The van der Waals surface area contributed by atoms with E-state index in [0.29, 0.717) is 11.3 Å². The third-order valence-corrected chi connectivity index (χ3v) is 5.09. The molecule has 8 heteroatoms. The molecule has 1 fully saturated rings. The van der Waals surface area contributed by atoms with Gasteiger partial charge in [0.05, 0.1) is 17.4 Å². The molecule has 3 aromatic rings. The van der Waals surface area contributed by atoms with Crippen molar-refractivity contribution in [2.75, 3.05) is 41.3 Å². The molecule has 136 valence electrons. The lowest BCUT2D eigenvalue weighted by molar-refractivity contribution is 0.477. The zero-order chi connectivity index (χ0) is 18.2. The predicted octanol–water partition coefficient (Wildman–Crippen LogP) is 1.76. The lowest BCUT2D eigenvalue weighted by Gasteiger charge is -2.45. The zero-order valence-corrected chi connectivity index (χ0v) is 14.7. The van der Waals surface area contributed by atoms with Crippen LogP contribution in [0.2, 0.25) is 0 Å². The van der Waals surface area contributed by atoms with Crippen LogP contribution in [-0.4, -0.2) is 57.5 Å². The Labute approximate surface area is 156 Å². The van der Waals surface area contributed by atoms with Crippen LogP contribution in [0.25, 0.3) is 11.3 Å². The number of nitrogens with zero attached hydrogens (tertiary/aromatic N) is 6. The van der Waals surface area contributed by atoms with Gasteiger partial charge in [0, 0.05) is 44.1 Å². The first-order valence-electron chi connectivity index (χ1n) is 8.98. The number of aromatic nitrogens is 4. The van der Waals surface area contributed by atoms with Crippen LogP contribution in [0, 0.1) is 0 Å². The van der Waals surface area contributed by atoms with Crippen LogP contribution in [0.1, 0.15) is 0 Å². The van der Waals surface area contributed by atoms with E-state index >= 15 is 0 Å². The van der Waals surface area contributed by atoms with E-state index in [-0.39, 0.29) is 11.8 Å². The first-order chi connectivity index (χ1) is 13.3. The van der Waals surface area contributed by atoms with Gasteiger partial charge < -0.3 is 20.2 Å². The minimum Gasteiger partial charge on any atom is -0.507 e. The average Bonchev–Trinajstić information content (AvgIpc) is 2.74. The summed E-state index contributed by atoms with van der Waals surface area (Å²) < 4.78 is 0. The van der Waals surface area contributed by atoms with Gasteiger partial charge in [-0.15, -0.1) is 10.2 Å². The molecule has 0 bridgehead atoms. The lowest BCUT2D eigenvalue weighted by Crippen LogP contribution is -2.58. The molecular weight excluding hydrogens is 342 g/mol. The van der Waals surface area contributed by atoms with Gasteiger partial charge in [-0.2, -0.15) is 0 Å². The fourth-order valence-corrected chi connectivity index (χ4v) is 3.75. The van der Waals surface area contributed by atoms with Crippen molar-refractivity contribution in [3.05, 3.63) is 48.8 Å². The van der Waals surface area contributed by atoms with Crippen molar-refractivity contribution in [3.8, 4) is 17.0 Å². The minimum absolute atomic E-state index is 0.207. The van der Waals surface area contributed by atoms with E-state index in [2.05, 4.69) is 35.3 Å². The van der Waals surface area contributed by atoms with Crippen molar-refractivity contribution < 1.29 is 5.11 Å². The summed E-state index contributed by atoms with van der Waals surface area (Å²) >= 11 is 0. The summed E-state index contributed by atoms with van der Waals surface area (Å²) in [5.41, 5.74) is 2.38. The maximum absolute atomic E-state index is 10.1. The summed E-state index contributed by atoms with van der Waals surface area (Å²) in [6.45, 7) is 3.32. The van der Waals surface area contributed by atoms with E-state index in [4.69, 9.17) is 0 Å². The third-order valence-electron chi connectivity index (χ3n) is 5.09. The first-order valence-corrected chi connectivity index (χ1v) is 8.98. The average molecular weight is 361 g/mol. The highest BCUT2D eigenvalue weighted by atomic mass is 16.3. The van der Waals surface area contributed by atoms with E-state index in [1.807, 2.05) is 24.3 Å². The highest BCUT2D eigenvalue weighted by Gasteiger charge is 2.33. The number of piperazine rings is 1. The highest BCUT2D eigenvalue weighted by Crippen LogP contribution is 2.36. The van der Waals surface area contributed by atoms with Gasteiger partial charge in [-0.25, -0.2) is 9.97 Å². The zero-order valence-electron chi connectivity index (χ0n) is 14.7. The Balaban J connectivity index is 1.45. The van der Waals surface area contributed by atoms with Gasteiger partial charge in [-0.3, -0.25) is 0 Å². The van der Waals surface area contributed by atoms with Crippen molar-refractivity contribution in [1.82, 2.24) is 20.2 Å². The van der Waals surface area contributed by atoms with Crippen LogP contribution in [-0.2, 0) is 0 Å². The van der Waals surface area contributed by atoms with Gasteiger partial charge in [-0.1, -0.05) is 12.1 Å². The number of aromatic hydroxyl groups is 1. The number of anilines is 3. The molecule has 5 rings (SSSR count). The van der Waals surface area contributed by atoms with E-state index < -0.39 is 0 Å². The molecule has 1 unspecified atom stereocenters. The van der Waals surface area contributed by atoms with E-state index in [9.17, 15) is 5.11 Å². The standard InChI is InChI=1S/C19H19N7O/c27-17-5-2-1-4-14(17)15-10-16-18(24-23-15)22-11-13-12-25(8-9-26(13)16)19-20-6-3-7-21-19/h1-7,10,13,27H,8-9,11-12H2,(H,22,24). The van der Waals surface area contributed by atoms with Crippen molar-refractivity contribution in [2.24, 2.45) is 0 Å². The number of nitrogens with one attached hydrogen (secondary N) is 1. The Morgan fingerprint density at radius 1 is 1.04 bits per heavy atom. The molecule has 27 heavy (non-hydrogen) atoms. The van der Waals surface area contributed by atoms with Gasteiger partial charge in [0.25, 0.3) is 0 Å². The molecule has 2 aliphatic rings. The molecule has 2 N–H and O–H groups in total. The number of fused-ring (bicyclic) bond motifs is 3. The second-order valence-corrected chi connectivity index (χ2v) is 6.70. The molecule has 4 heterocycles. The van der Waals surface area contributed by atoms with Gasteiger partial charge in [0.2, 0.25) is 5.95 Å². The number of para-hydroxylation sites is 1. The van der Waals surface area contributed by atoms with Crippen molar-refractivity contribution in [3.63, 3.8) is 0 Å². The molecular formula is C19H19N7O. The molecule has 8 nitrogen and oxygen atoms in total. The summed E-state index contributed by atoms with van der Waals surface area (Å²) in [6, 6.07) is 11.3. The lowest BCUT2D eigenvalue weighted by atomic mass is 10.1. The second-order valence-electron chi connectivity index (χ2n) is 6.70. The fourth-order valence-electron chi connectivity index (χ4n) is 3.75. The highest BCUT2D eigenvalue weighted by molar-refractivity contribution is 5.76. The molecule has 1 aromatic carbocycles. The Bertz CT molecular complexity index is 965.